The van der Waals surface area contributed by atoms with Gasteiger partial charge in [0.15, 0.2) is 0 Å². The number of hydrogen-bond acceptors (Lipinski definition) is 3. The molecule has 0 amide bonds. The molecule has 0 N–H and O–H groups in total. The number of rotatable bonds is 2. The topological polar surface area (TPSA) is 43.4 Å². The van der Waals surface area contributed by atoms with Crippen LogP contribution in [0.2, 0.25) is 0 Å². The van der Waals surface area contributed by atoms with Gasteiger partial charge in [-0.3, -0.25) is 9.59 Å². The van der Waals surface area contributed by atoms with Crippen molar-refractivity contribution in [1.29, 1.82) is 0 Å². The third-order valence-corrected chi connectivity index (χ3v) is 13.1. The lowest BCUT2D eigenvalue weighted by molar-refractivity contribution is -0.236. The van der Waals surface area contributed by atoms with E-state index in [1.54, 1.807) is 7.11 Å². The molecule has 0 saturated heterocycles. The molecule has 5 rings (SSSR count). The van der Waals surface area contributed by atoms with E-state index in [0.29, 0.717) is 35.4 Å². The number of allylic oxidation sites excluding steroid dienone is 1. The van der Waals surface area contributed by atoms with Crippen LogP contribution in [0.4, 0.5) is 0 Å². The minimum Gasteiger partial charge on any atom is -0.469 e. The van der Waals surface area contributed by atoms with Crippen LogP contribution in [0, 0.1) is 56.7 Å². The summed E-state index contributed by atoms with van der Waals surface area (Å²) in [6, 6.07) is 0. The molecule has 0 aromatic heterocycles. The highest BCUT2D eigenvalue weighted by molar-refractivity contribution is 5.81. The van der Waals surface area contributed by atoms with Gasteiger partial charge >= 0.3 is 5.97 Å². The van der Waals surface area contributed by atoms with Gasteiger partial charge < -0.3 is 4.74 Å². The lowest BCUT2D eigenvalue weighted by Gasteiger charge is -2.72. The van der Waals surface area contributed by atoms with Crippen molar-refractivity contribution in [2.75, 3.05) is 7.11 Å². The fourth-order valence-corrected chi connectivity index (χ4v) is 11.7. The molecule has 0 aromatic rings. The molecule has 0 radical (unpaired) electrons. The third-order valence-electron chi connectivity index (χ3n) is 13.1. The maximum Gasteiger partial charge on any atom is 0.312 e. The van der Waals surface area contributed by atoms with Gasteiger partial charge in [0.2, 0.25) is 0 Å². The SMILES string of the molecule is C=C(C)[C@@H]1CC[C@]2(C(=O)OC)CC[C@]3(C)[C@H](CC[C@@H]4[C@@]5(C)CC(=O)CC(C)(C)[C@@H]5CC[C@]43C)[C@@H]12. The van der Waals surface area contributed by atoms with Crippen molar-refractivity contribution in [3.05, 3.63) is 12.2 Å². The summed E-state index contributed by atoms with van der Waals surface area (Å²) in [6.45, 7) is 18.9. The van der Waals surface area contributed by atoms with Gasteiger partial charge in [0.25, 0.3) is 0 Å². The largest absolute Gasteiger partial charge is 0.469 e. The van der Waals surface area contributed by atoms with Crippen LogP contribution in [0.3, 0.4) is 0 Å². The lowest BCUT2D eigenvalue weighted by atomic mass is 9.32. The quantitative estimate of drug-likeness (QED) is 0.313. The maximum absolute atomic E-state index is 13.3. The highest BCUT2D eigenvalue weighted by atomic mass is 16.5. The Morgan fingerprint density at radius 2 is 1.59 bits per heavy atom. The van der Waals surface area contributed by atoms with Crippen LogP contribution in [0.1, 0.15) is 106 Å². The zero-order valence-electron chi connectivity index (χ0n) is 22.9. The normalized spacial score (nSPS) is 51.5. The predicted molar refractivity (Wildman–Crippen MR) is 136 cm³/mol. The molecule has 9 atom stereocenters. The van der Waals surface area contributed by atoms with E-state index in [4.69, 9.17) is 4.74 Å². The van der Waals surface area contributed by atoms with Crippen LogP contribution in [0.5, 0.6) is 0 Å². The van der Waals surface area contributed by atoms with Crippen molar-refractivity contribution in [2.24, 2.45) is 56.7 Å². The Kier molecular flexibility index (Phi) is 5.38. The molecular weight excluding hydrogens is 420 g/mol. The number of methoxy groups -OCH3 is 1. The summed E-state index contributed by atoms with van der Waals surface area (Å²) in [5.41, 5.74) is 1.53. The first-order valence-electron chi connectivity index (χ1n) is 14.0. The van der Waals surface area contributed by atoms with Gasteiger partial charge in [-0.15, -0.1) is 0 Å². The number of carbonyl (C=O) groups excluding carboxylic acids is 2. The van der Waals surface area contributed by atoms with Crippen LogP contribution in [0.25, 0.3) is 0 Å². The fraction of sp³-hybridized carbons (Fsp3) is 0.871. The van der Waals surface area contributed by atoms with E-state index < -0.39 is 0 Å². The minimum absolute atomic E-state index is 0.0332. The zero-order valence-corrected chi connectivity index (χ0v) is 22.9. The Hall–Kier alpha value is -1.12. The van der Waals surface area contributed by atoms with Crippen molar-refractivity contribution in [3.8, 4) is 0 Å². The molecule has 3 nitrogen and oxygen atoms in total. The van der Waals surface area contributed by atoms with Crippen LogP contribution in [-0.2, 0) is 14.3 Å². The second-order valence-electron chi connectivity index (χ2n) is 14.7. The summed E-state index contributed by atoms with van der Waals surface area (Å²) < 4.78 is 5.48. The molecule has 190 valence electrons. The minimum atomic E-state index is -0.324. The zero-order chi connectivity index (χ0) is 24.9. The summed E-state index contributed by atoms with van der Waals surface area (Å²) in [4.78, 5) is 26.4. The molecule has 0 bridgehead atoms. The molecule has 0 aliphatic heterocycles. The van der Waals surface area contributed by atoms with Crippen LogP contribution >= 0.6 is 0 Å². The smallest absolute Gasteiger partial charge is 0.312 e. The summed E-state index contributed by atoms with van der Waals surface area (Å²) in [6.07, 6.45) is 10.5. The molecular formula is C31H48O3. The molecule has 5 aliphatic carbocycles. The highest BCUT2D eigenvalue weighted by Gasteiger charge is 2.72. The van der Waals surface area contributed by atoms with E-state index in [0.717, 1.165) is 38.5 Å². The van der Waals surface area contributed by atoms with Crippen LogP contribution in [-0.4, -0.2) is 18.9 Å². The highest BCUT2D eigenvalue weighted by Crippen LogP contribution is 2.77. The first kappa shape index (κ1) is 24.6. The Balaban J connectivity index is 1.58. The Morgan fingerprint density at radius 3 is 2.24 bits per heavy atom. The van der Waals surface area contributed by atoms with Crippen LogP contribution in [0.15, 0.2) is 12.2 Å². The lowest BCUT2D eigenvalue weighted by Crippen LogP contribution is -2.66. The first-order valence-corrected chi connectivity index (χ1v) is 14.0. The van der Waals surface area contributed by atoms with Gasteiger partial charge in [-0.05, 0) is 110 Å². The van der Waals surface area contributed by atoms with E-state index in [9.17, 15) is 9.59 Å². The standard InChI is InChI=1S/C31H48O3/c1-19(2)21-11-14-31(26(33)34-8)16-15-29(6)22(25(21)31)9-10-24-28(5)18-20(32)17-27(3,4)23(28)12-13-30(24,29)7/h21-25H,1,9-18H2,2-8H3/t21-,22+,23-,24+,25+,28-,29+,30+,31-/m0/s1. The Bertz CT molecular complexity index is 918. The third kappa shape index (κ3) is 2.88. The molecule has 0 unspecified atom stereocenters. The summed E-state index contributed by atoms with van der Waals surface area (Å²) in [7, 11) is 1.58. The van der Waals surface area contributed by atoms with Gasteiger partial charge in [0.1, 0.15) is 5.78 Å². The van der Waals surface area contributed by atoms with Gasteiger partial charge in [0.05, 0.1) is 12.5 Å². The summed E-state index contributed by atoms with van der Waals surface area (Å²) >= 11 is 0. The molecule has 0 aromatic carbocycles. The van der Waals surface area contributed by atoms with E-state index in [1.165, 1.54) is 31.3 Å². The number of ketones is 1. The molecule has 5 saturated carbocycles. The van der Waals surface area contributed by atoms with Gasteiger partial charge in [-0.1, -0.05) is 46.8 Å². The Morgan fingerprint density at radius 1 is 0.882 bits per heavy atom. The number of carbonyl (C=O) groups is 2. The van der Waals surface area contributed by atoms with E-state index in [1.807, 2.05) is 0 Å². The summed E-state index contributed by atoms with van der Waals surface area (Å²) in [5.74, 6) is 3.02. The van der Waals surface area contributed by atoms with Crippen molar-refractivity contribution >= 4 is 11.8 Å². The van der Waals surface area contributed by atoms with Crippen molar-refractivity contribution in [3.63, 3.8) is 0 Å². The van der Waals surface area contributed by atoms with E-state index >= 15 is 0 Å². The van der Waals surface area contributed by atoms with Crippen LogP contribution < -0.4 is 0 Å². The van der Waals surface area contributed by atoms with E-state index in [-0.39, 0.29) is 33.0 Å². The first-order chi connectivity index (χ1) is 15.8. The van der Waals surface area contributed by atoms with Gasteiger partial charge in [0, 0.05) is 12.8 Å². The Labute approximate surface area is 207 Å². The molecule has 5 fully saturated rings. The molecule has 0 spiro atoms. The monoisotopic (exact) mass is 468 g/mol. The molecule has 3 heteroatoms. The number of hydrogen-bond donors (Lipinski definition) is 0. The predicted octanol–water partition coefficient (Wildman–Crippen LogP) is 7.39. The number of Topliss-reactive ketones (excluding diaryl/α,β-unsaturated/α-hetero) is 1. The molecule has 0 heterocycles. The average Bonchev–Trinajstić information content (AvgIpc) is 3.13. The number of fused-ring (bicyclic) bond motifs is 7. The van der Waals surface area contributed by atoms with Crippen molar-refractivity contribution < 1.29 is 14.3 Å². The maximum atomic E-state index is 13.3. The number of esters is 1. The summed E-state index contributed by atoms with van der Waals surface area (Å²) in [5, 5.41) is 0. The molecule has 34 heavy (non-hydrogen) atoms. The van der Waals surface area contributed by atoms with Crippen molar-refractivity contribution in [1.82, 2.24) is 0 Å². The van der Waals surface area contributed by atoms with Gasteiger partial charge in [-0.2, -0.15) is 0 Å². The van der Waals surface area contributed by atoms with Crippen molar-refractivity contribution in [2.45, 2.75) is 106 Å². The fourth-order valence-electron chi connectivity index (χ4n) is 11.7. The molecule has 5 aliphatic rings. The second-order valence-corrected chi connectivity index (χ2v) is 14.7. The van der Waals surface area contributed by atoms with E-state index in [2.05, 4.69) is 48.1 Å². The number of ether oxygens (including phenoxy) is 1. The average molecular weight is 469 g/mol. The van der Waals surface area contributed by atoms with Gasteiger partial charge in [-0.25, -0.2) is 0 Å². The second kappa shape index (κ2) is 7.45.